The number of carbonyl (C=O) groups is 1. The molecule has 2 aromatic rings. The molecular formula is C13H11ClN2OS. The van der Waals surface area contributed by atoms with E-state index >= 15 is 0 Å². The van der Waals surface area contributed by atoms with Crippen LogP contribution in [0.5, 0.6) is 0 Å². The van der Waals surface area contributed by atoms with Gasteiger partial charge in [-0.2, -0.15) is 5.10 Å². The molecule has 1 heterocycles. The molecule has 0 unspecified atom stereocenters. The van der Waals surface area contributed by atoms with Gasteiger partial charge in [0.05, 0.1) is 16.8 Å². The van der Waals surface area contributed by atoms with E-state index in [4.69, 9.17) is 11.6 Å². The van der Waals surface area contributed by atoms with Gasteiger partial charge in [0.25, 0.3) is 5.91 Å². The van der Waals surface area contributed by atoms with E-state index in [9.17, 15) is 4.79 Å². The normalized spacial score (nSPS) is 10.8. The highest BCUT2D eigenvalue weighted by molar-refractivity contribution is 7.13. The van der Waals surface area contributed by atoms with Crippen LogP contribution in [0.25, 0.3) is 0 Å². The highest BCUT2D eigenvalue weighted by atomic mass is 35.5. The SMILES string of the molecule is Cc1ccc(/C=N\NC(=O)c2ccccc2Cl)s1. The third-order valence-electron chi connectivity index (χ3n) is 2.24. The van der Waals surface area contributed by atoms with E-state index < -0.39 is 0 Å². The number of hydrogen-bond acceptors (Lipinski definition) is 3. The van der Waals surface area contributed by atoms with Crippen molar-refractivity contribution >= 4 is 35.1 Å². The van der Waals surface area contributed by atoms with Gasteiger partial charge < -0.3 is 0 Å². The summed E-state index contributed by atoms with van der Waals surface area (Å²) in [6.07, 6.45) is 1.62. The molecular weight excluding hydrogens is 268 g/mol. The number of halogens is 1. The molecule has 0 aliphatic rings. The molecule has 0 saturated carbocycles. The summed E-state index contributed by atoms with van der Waals surface area (Å²) >= 11 is 7.52. The van der Waals surface area contributed by atoms with Crippen LogP contribution in [0.3, 0.4) is 0 Å². The molecule has 0 aliphatic carbocycles. The Morgan fingerprint density at radius 2 is 2.11 bits per heavy atom. The Labute approximate surface area is 114 Å². The van der Waals surface area contributed by atoms with Gasteiger partial charge in [-0.15, -0.1) is 11.3 Å². The molecule has 5 heteroatoms. The predicted octanol–water partition coefficient (Wildman–Crippen LogP) is 3.47. The second-order valence-corrected chi connectivity index (χ2v) is 5.35. The number of aryl methyl sites for hydroxylation is 1. The Bertz CT molecular complexity index is 592. The predicted molar refractivity (Wildman–Crippen MR) is 75.6 cm³/mol. The number of benzene rings is 1. The molecule has 0 aliphatic heterocycles. The molecule has 92 valence electrons. The Hall–Kier alpha value is -1.65. The van der Waals surface area contributed by atoms with Crippen LogP contribution in [0.2, 0.25) is 5.02 Å². The van der Waals surface area contributed by atoms with Crippen molar-refractivity contribution < 1.29 is 4.79 Å². The summed E-state index contributed by atoms with van der Waals surface area (Å²) in [5.74, 6) is -0.315. The Kier molecular flexibility index (Phi) is 4.12. The smallest absolute Gasteiger partial charge is 0.267 e. The Morgan fingerprint density at radius 1 is 1.33 bits per heavy atom. The lowest BCUT2D eigenvalue weighted by Gasteiger charge is -2.01. The van der Waals surface area contributed by atoms with E-state index in [1.54, 1.807) is 41.8 Å². The Balaban J connectivity index is 2.01. The number of nitrogens with zero attached hydrogens (tertiary/aromatic N) is 1. The van der Waals surface area contributed by atoms with Crippen LogP contribution in [0.1, 0.15) is 20.1 Å². The van der Waals surface area contributed by atoms with Crippen LogP contribution in [0.4, 0.5) is 0 Å². The number of amides is 1. The summed E-state index contributed by atoms with van der Waals surface area (Å²) in [6, 6.07) is 10.8. The fraction of sp³-hybridized carbons (Fsp3) is 0.0769. The zero-order valence-corrected chi connectivity index (χ0v) is 11.3. The third-order valence-corrected chi connectivity index (χ3v) is 3.50. The minimum atomic E-state index is -0.315. The van der Waals surface area contributed by atoms with Gasteiger partial charge in [-0.3, -0.25) is 4.79 Å². The van der Waals surface area contributed by atoms with Crippen LogP contribution < -0.4 is 5.43 Å². The van der Waals surface area contributed by atoms with Crippen LogP contribution >= 0.6 is 22.9 Å². The summed E-state index contributed by atoms with van der Waals surface area (Å²) in [5.41, 5.74) is 2.87. The number of hydrazone groups is 1. The number of thiophene rings is 1. The second-order valence-electron chi connectivity index (χ2n) is 3.63. The average Bonchev–Trinajstić information content (AvgIpc) is 2.75. The standard InChI is InChI=1S/C13H11ClN2OS/c1-9-6-7-10(18-9)8-15-16-13(17)11-4-2-3-5-12(11)14/h2-8H,1H3,(H,16,17)/b15-8-. The van der Waals surface area contributed by atoms with Crippen molar-refractivity contribution in [3.05, 3.63) is 56.7 Å². The summed E-state index contributed by atoms with van der Waals surface area (Å²) in [5, 5.41) is 4.31. The fourth-order valence-corrected chi connectivity index (χ4v) is 2.35. The molecule has 1 aromatic carbocycles. The van der Waals surface area contributed by atoms with Crippen molar-refractivity contribution in [3.8, 4) is 0 Å². The number of carbonyl (C=O) groups excluding carboxylic acids is 1. The van der Waals surface area contributed by atoms with Crippen molar-refractivity contribution in [2.24, 2.45) is 5.10 Å². The van der Waals surface area contributed by atoms with Crippen molar-refractivity contribution in [1.29, 1.82) is 0 Å². The minimum Gasteiger partial charge on any atom is -0.267 e. The molecule has 0 radical (unpaired) electrons. The molecule has 1 amide bonds. The van der Waals surface area contributed by atoms with Gasteiger partial charge in [-0.05, 0) is 31.2 Å². The summed E-state index contributed by atoms with van der Waals surface area (Å²) in [6.45, 7) is 2.02. The first kappa shape index (κ1) is 12.8. The lowest BCUT2D eigenvalue weighted by atomic mass is 10.2. The quantitative estimate of drug-likeness (QED) is 0.678. The van der Waals surface area contributed by atoms with Crippen LogP contribution in [0, 0.1) is 6.92 Å². The van der Waals surface area contributed by atoms with E-state index in [-0.39, 0.29) is 5.91 Å². The van der Waals surface area contributed by atoms with E-state index in [1.165, 1.54) is 4.88 Å². The molecule has 0 saturated heterocycles. The molecule has 0 fully saturated rings. The molecule has 0 atom stereocenters. The van der Waals surface area contributed by atoms with Crippen LogP contribution in [0.15, 0.2) is 41.5 Å². The third kappa shape index (κ3) is 3.18. The Morgan fingerprint density at radius 3 is 2.78 bits per heavy atom. The molecule has 0 bridgehead atoms. The van der Waals surface area contributed by atoms with E-state index in [0.29, 0.717) is 10.6 Å². The highest BCUT2D eigenvalue weighted by Crippen LogP contribution is 2.14. The number of hydrogen-bond donors (Lipinski definition) is 1. The molecule has 1 N–H and O–H groups in total. The van der Waals surface area contributed by atoms with Gasteiger partial charge in [-0.25, -0.2) is 5.43 Å². The average molecular weight is 279 g/mol. The van der Waals surface area contributed by atoms with E-state index in [0.717, 1.165) is 4.88 Å². The summed E-state index contributed by atoms with van der Waals surface area (Å²) in [7, 11) is 0. The number of nitrogens with one attached hydrogen (secondary N) is 1. The highest BCUT2D eigenvalue weighted by Gasteiger charge is 2.07. The van der Waals surface area contributed by atoms with Gasteiger partial charge in [0.1, 0.15) is 0 Å². The zero-order valence-electron chi connectivity index (χ0n) is 9.68. The topological polar surface area (TPSA) is 41.5 Å². The maximum Gasteiger partial charge on any atom is 0.272 e. The van der Waals surface area contributed by atoms with Gasteiger partial charge >= 0.3 is 0 Å². The van der Waals surface area contributed by atoms with E-state index in [1.807, 2.05) is 19.1 Å². The molecule has 3 nitrogen and oxygen atoms in total. The summed E-state index contributed by atoms with van der Waals surface area (Å²) < 4.78 is 0. The fourth-order valence-electron chi connectivity index (χ4n) is 1.38. The molecule has 1 aromatic heterocycles. The summed E-state index contributed by atoms with van der Waals surface area (Å²) in [4.78, 5) is 14.0. The minimum absolute atomic E-state index is 0.315. The van der Waals surface area contributed by atoms with Crippen molar-refractivity contribution in [3.63, 3.8) is 0 Å². The van der Waals surface area contributed by atoms with Gasteiger partial charge in [0.2, 0.25) is 0 Å². The maximum absolute atomic E-state index is 11.8. The lowest BCUT2D eigenvalue weighted by molar-refractivity contribution is 0.0955. The first-order valence-corrected chi connectivity index (χ1v) is 6.50. The maximum atomic E-state index is 11.8. The molecule has 2 rings (SSSR count). The molecule has 0 spiro atoms. The lowest BCUT2D eigenvalue weighted by Crippen LogP contribution is -2.17. The van der Waals surface area contributed by atoms with Crippen molar-refractivity contribution in [2.75, 3.05) is 0 Å². The first-order chi connectivity index (χ1) is 8.66. The van der Waals surface area contributed by atoms with Gasteiger partial charge in [0.15, 0.2) is 0 Å². The second kappa shape index (κ2) is 5.80. The molecule has 18 heavy (non-hydrogen) atoms. The van der Waals surface area contributed by atoms with Crippen LogP contribution in [-0.4, -0.2) is 12.1 Å². The first-order valence-electron chi connectivity index (χ1n) is 5.31. The largest absolute Gasteiger partial charge is 0.272 e. The van der Waals surface area contributed by atoms with Gasteiger partial charge in [0, 0.05) is 9.75 Å². The van der Waals surface area contributed by atoms with Crippen LogP contribution in [-0.2, 0) is 0 Å². The number of rotatable bonds is 3. The van der Waals surface area contributed by atoms with Gasteiger partial charge in [-0.1, -0.05) is 23.7 Å². The van der Waals surface area contributed by atoms with Crippen molar-refractivity contribution in [2.45, 2.75) is 6.92 Å². The monoisotopic (exact) mass is 278 g/mol. The van der Waals surface area contributed by atoms with Crippen molar-refractivity contribution in [1.82, 2.24) is 5.43 Å². The van der Waals surface area contributed by atoms with E-state index in [2.05, 4.69) is 10.5 Å². The zero-order chi connectivity index (χ0) is 13.0.